The number of hydrogen-bond donors (Lipinski definition) is 0. The molecule has 0 aliphatic heterocycles. The van der Waals surface area contributed by atoms with Crippen LogP contribution in [0.3, 0.4) is 0 Å². The van der Waals surface area contributed by atoms with Crippen LogP contribution in [0.5, 0.6) is 0 Å². The first-order chi connectivity index (χ1) is 8.08. The lowest BCUT2D eigenvalue weighted by atomic mass is 10.0. The second kappa shape index (κ2) is 3.54. The summed E-state index contributed by atoms with van der Waals surface area (Å²) >= 11 is 1.82. The van der Waals surface area contributed by atoms with Gasteiger partial charge in [0.15, 0.2) is 0 Å². The minimum Gasteiger partial charge on any atom is -0.242 e. The molecule has 3 aromatic rings. The van der Waals surface area contributed by atoms with E-state index in [0.29, 0.717) is 0 Å². The van der Waals surface area contributed by atoms with Crippen LogP contribution in [0.4, 0.5) is 0 Å². The van der Waals surface area contributed by atoms with Crippen LogP contribution in [0, 0.1) is 27.7 Å². The van der Waals surface area contributed by atoms with Gasteiger partial charge in [0, 0.05) is 21.2 Å². The van der Waals surface area contributed by atoms with E-state index < -0.39 is 0 Å². The van der Waals surface area contributed by atoms with Crippen molar-refractivity contribution in [2.24, 2.45) is 0 Å². The molecule has 1 aromatic carbocycles. The summed E-state index contributed by atoms with van der Waals surface area (Å²) in [6, 6.07) is 6.59. The van der Waals surface area contributed by atoms with E-state index in [0.717, 1.165) is 5.69 Å². The summed E-state index contributed by atoms with van der Waals surface area (Å²) in [6.07, 6.45) is 0. The number of aromatic nitrogens is 1. The molecule has 0 aliphatic rings. The fourth-order valence-corrected chi connectivity index (χ4v) is 3.85. The SMILES string of the molecule is Cc1cc(C)c2c(n1)sc1c(C)ccc(C)c12. The maximum Gasteiger partial charge on any atom is 0.125 e. The number of hydrogen-bond acceptors (Lipinski definition) is 2. The molecule has 0 saturated carbocycles. The van der Waals surface area contributed by atoms with Crippen molar-refractivity contribution in [2.45, 2.75) is 27.7 Å². The minimum atomic E-state index is 1.11. The Balaban J connectivity index is 2.65. The molecule has 17 heavy (non-hydrogen) atoms. The molecular weight excluding hydrogens is 226 g/mol. The molecule has 2 heteroatoms. The Kier molecular flexibility index (Phi) is 2.23. The van der Waals surface area contributed by atoms with E-state index >= 15 is 0 Å². The van der Waals surface area contributed by atoms with Gasteiger partial charge in [-0.25, -0.2) is 4.98 Å². The van der Waals surface area contributed by atoms with Gasteiger partial charge in [-0.15, -0.1) is 11.3 Å². The maximum atomic E-state index is 4.67. The summed E-state index contributed by atoms with van der Waals surface area (Å²) in [4.78, 5) is 5.85. The Morgan fingerprint density at radius 3 is 2.35 bits per heavy atom. The maximum absolute atomic E-state index is 4.67. The summed E-state index contributed by atoms with van der Waals surface area (Å²) < 4.78 is 1.39. The highest BCUT2D eigenvalue weighted by molar-refractivity contribution is 7.25. The standard InChI is InChI=1S/C15H15NS/c1-8-5-6-9(2)14-12(8)13-10(3)7-11(4)16-15(13)17-14/h5-7H,1-4H3. The number of fused-ring (bicyclic) bond motifs is 3. The zero-order valence-corrected chi connectivity index (χ0v) is 11.4. The third kappa shape index (κ3) is 1.48. The molecule has 0 amide bonds. The van der Waals surface area contributed by atoms with Crippen molar-refractivity contribution in [2.75, 3.05) is 0 Å². The van der Waals surface area contributed by atoms with Gasteiger partial charge in [-0.3, -0.25) is 0 Å². The van der Waals surface area contributed by atoms with E-state index in [1.54, 1.807) is 0 Å². The van der Waals surface area contributed by atoms with Crippen LogP contribution >= 0.6 is 11.3 Å². The largest absolute Gasteiger partial charge is 0.242 e. The third-order valence-electron chi connectivity index (χ3n) is 3.32. The summed E-state index contributed by atoms with van der Waals surface area (Å²) in [5.74, 6) is 0. The Morgan fingerprint density at radius 1 is 0.882 bits per heavy atom. The third-order valence-corrected chi connectivity index (χ3v) is 4.54. The molecular formula is C15H15NS. The molecule has 2 heterocycles. The first-order valence-corrected chi connectivity index (χ1v) is 6.66. The highest BCUT2D eigenvalue weighted by Crippen LogP contribution is 2.38. The Labute approximate surface area is 105 Å². The normalized spacial score (nSPS) is 11.5. The van der Waals surface area contributed by atoms with Crippen molar-refractivity contribution in [1.29, 1.82) is 0 Å². The molecule has 0 N–H and O–H groups in total. The van der Waals surface area contributed by atoms with E-state index in [1.807, 2.05) is 11.3 Å². The highest BCUT2D eigenvalue weighted by atomic mass is 32.1. The van der Waals surface area contributed by atoms with Crippen molar-refractivity contribution in [1.82, 2.24) is 4.98 Å². The molecule has 86 valence electrons. The van der Waals surface area contributed by atoms with Gasteiger partial charge in [0.05, 0.1) is 0 Å². The van der Waals surface area contributed by atoms with Gasteiger partial charge in [0.1, 0.15) is 4.83 Å². The zero-order valence-electron chi connectivity index (χ0n) is 10.6. The lowest BCUT2D eigenvalue weighted by Gasteiger charge is -2.02. The summed E-state index contributed by atoms with van der Waals surface area (Å²) in [5.41, 5.74) is 5.15. The van der Waals surface area contributed by atoms with Crippen LogP contribution in [0.25, 0.3) is 20.3 Å². The first kappa shape index (κ1) is 10.7. The molecule has 0 spiro atoms. The van der Waals surface area contributed by atoms with Gasteiger partial charge in [0.2, 0.25) is 0 Å². The Hall–Kier alpha value is -1.41. The number of aryl methyl sites for hydroxylation is 4. The van der Waals surface area contributed by atoms with Crippen LogP contribution in [-0.2, 0) is 0 Å². The van der Waals surface area contributed by atoms with Gasteiger partial charge in [0.25, 0.3) is 0 Å². The molecule has 0 fully saturated rings. The Bertz CT molecular complexity index is 738. The van der Waals surface area contributed by atoms with Crippen LogP contribution in [0.15, 0.2) is 18.2 Å². The lowest BCUT2D eigenvalue weighted by molar-refractivity contribution is 1.25. The molecule has 2 aromatic heterocycles. The lowest BCUT2D eigenvalue weighted by Crippen LogP contribution is -1.84. The van der Waals surface area contributed by atoms with E-state index in [9.17, 15) is 0 Å². The van der Waals surface area contributed by atoms with E-state index in [2.05, 4.69) is 50.9 Å². The predicted molar refractivity (Wildman–Crippen MR) is 76.1 cm³/mol. The first-order valence-electron chi connectivity index (χ1n) is 5.84. The quantitative estimate of drug-likeness (QED) is 0.556. The van der Waals surface area contributed by atoms with E-state index in [4.69, 9.17) is 0 Å². The van der Waals surface area contributed by atoms with Gasteiger partial charge >= 0.3 is 0 Å². The Morgan fingerprint density at radius 2 is 1.59 bits per heavy atom. The molecule has 0 bridgehead atoms. The smallest absolute Gasteiger partial charge is 0.125 e. The summed E-state index contributed by atoms with van der Waals surface area (Å²) in [6.45, 7) is 8.62. The van der Waals surface area contributed by atoms with Crippen molar-refractivity contribution in [3.63, 3.8) is 0 Å². The molecule has 0 aliphatic carbocycles. The van der Waals surface area contributed by atoms with Crippen molar-refractivity contribution in [3.8, 4) is 0 Å². The van der Waals surface area contributed by atoms with Crippen molar-refractivity contribution >= 4 is 31.6 Å². The second-order valence-electron chi connectivity index (χ2n) is 4.77. The number of rotatable bonds is 0. The molecule has 0 unspecified atom stereocenters. The van der Waals surface area contributed by atoms with Crippen molar-refractivity contribution < 1.29 is 0 Å². The molecule has 0 atom stereocenters. The summed E-state index contributed by atoms with van der Waals surface area (Å²) in [5, 5.41) is 2.74. The predicted octanol–water partition coefficient (Wildman–Crippen LogP) is 4.68. The van der Waals surface area contributed by atoms with Crippen LogP contribution < -0.4 is 0 Å². The number of nitrogens with zero attached hydrogens (tertiary/aromatic N) is 1. The zero-order chi connectivity index (χ0) is 12.2. The fourth-order valence-electron chi connectivity index (χ4n) is 2.50. The monoisotopic (exact) mass is 241 g/mol. The van der Waals surface area contributed by atoms with Gasteiger partial charge in [-0.2, -0.15) is 0 Å². The summed E-state index contributed by atoms with van der Waals surface area (Å²) in [7, 11) is 0. The number of pyridine rings is 1. The van der Waals surface area contributed by atoms with E-state index in [1.165, 1.54) is 37.0 Å². The molecule has 1 nitrogen and oxygen atoms in total. The van der Waals surface area contributed by atoms with Crippen LogP contribution in [0.1, 0.15) is 22.4 Å². The minimum absolute atomic E-state index is 1.11. The average molecular weight is 241 g/mol. The highest BCUT2D eigenvalue weighted by Gasteiger charge is 2.12. The fraction of sp³-hybridized carbons (Fsp3) is 0.267. The van der Waals surface area contributed by atoms with Crippen LogP contribution in [0.2, 0.25) is 0 Å². The number of benzene rings is 1. The number of thiophene rings is 1. The van der Waals surface area contributed by atoms with Crippen molar-refractivity contribution in [3.05, 3.63) is 40.6 Å². The topological polar surface area (TPSA) is 12.9 Å². The van der Waals surface area contributed by atoms with Crippen LogP contribution in [-0.4, -0.2) is 4.98 Å². The molecule has 0 radical (unpaired) electrons. The second-order valence-corrected chi connectivity index (χ2v) is 5.77. The van der Waals surface area contributed by atoms with Gasteiger partial charge in [-0.05, 0) is 50.5 Å². The van der Waals surface area contributed by atoms with Gasteiger partial charge in [-0.1, -0.05) is 12.1 Å². The molecule has 0 saturated heterocycles. The average Bonchev–Trinajstić information content (AvgIpc) is 2.64. The molecule has 3 rings (SSSR count). The van der Waals surface area contributed by atoms with E-state index in [-0.39, 0.29) is 0 Å². The van der Waals surface area contributed by atoms with Gasteiger partial charge < -0.3 is 0 Å².